The van der Waals surface area contributed by atoms with Crippen molar-refractivity contribution in [1.82, 2.24) is 26.6 Å². The van der Waals surface area contributed by atoms with E-state index in [0.717, 1.165) is 140 Å². The number of aliphatic imine (C=N–C) groups is 1. The molecule has 2 aromatic rings. The highest BCUT2D eigenvalue weighted by Gasteiger charge is 2.39. The van der Waals surface area contributed by atoms with Gasteiger partial charge in [0.1, 0.15) is 0 Å². The summed E-state index contributed by atoms with van der Waals surface area (Å²) in [5.41, 5.74) is 16.1. The molecule has 10 heteroatoms. The second-order valence-corrected chi connectivity index (χ2v) is 20.0. The van der Waals surface area contributed by atoms with E-state index >= 15 is 0 Å². The van der Waals surface area contributed by atoms with E-state index in [2.05, 4.69) is 132 Å². The fraction of sp³-hybridized carbons (Fsp3) is 0.577. The molecule has 0 radical (unpaired) electrons. The van der Waals surface area contributed by atoms with E-state index in [-0.39, 0.29) is 28.3 Å². The molecule has 2 saturated heterocycles. The van der Waals surface area contributed by atoms with Crippen LogP contribution in [-0.2, 0) is 15.6 Å². The van der Waals surface area contributed by atoms with Gasteiger partial charge in [-0.05, 0) is 97.4 Å². The summed E-state index contributed by atoms with van der Waals surface area (Å²) in [4.78, 5) is 21.1. The Labute approximate surface area is 378 Å². The molecule has 1 aliphatic carbocycles. The molecule has 336 valence electrons. The number of carbonyl (C=O) groups excluding carboxylic acids is 1. The van der Waals surface area contributed by atoms with E-state index in [1.165, 1.54) is 40.1 Å². The van der Waals surface area contributed by atoms with Crippen LogP contribution in [0.4, 0.5) is 11.4 Å². The topological polar surface area (TPSA) is 119 Å². The van der Waals surface area contributed by atoms with E-state index in [4.69, 9.17) is 22.3 Å². The van der Waals surface area contributed by atoms with Crippen LogP contribution in [0.15, 0.2) is 99.7 Å². The number of rotatable bonds is 10. The Kier molecular flexibility index (Phi) is 16.0. The molecule has 4 aliphatic heterocycles. The molecule has 9 nitrogen and oxygen atoms in total. The maximum absolute atomic E-state index is 13.6. The number of carbonyl (C=O) groups is 1. The third-order valence-electron chi connectivity index (χ3n) is 14.2. The largest absolute Gasteiger partial charge is 0.352 e. The fourth-order valence-corrected chi connectivity index (χ4v) is 10.7. The molecule has 1 amide bonds. The van der Waals surface area contributed by atoms with Crippen LogP contribution in [-0.4, -0.2) is 82.1 Å². The molecular formula is C52H75ClN8O. The van der Waals surface area contributed by atoms with Crippen LogP contribution < -0.4 is 37.2 Å². The number of para-hydroxylation sites is 2. The first kappa shape index (κ1) is 46.4. The summed E-state index contributed by atoms with van der Waals surface area (Å²) in [7, 11) is 0. The average Bonchev–Trinajstić information content (AvgIpc) is 3.64. The predicted molar refractivity (Wildman–Crippen MR) is 261 cm³/mol. The molecule has 62 heavy (non-hydrogen) atoms. The number of amides is 1. The first-order valence-electron chi connectivity index (χ1n) is 23.9. The molecular weight excluding hydrogens is 788 g/mol. The summed E-state index contributed by atoms with van der Waals surface area (Å²) in [6.07, 6.45) is 21.0. The van der Waals surface area contributed by atoms with Gasteiger partial charge in [0.05, 0.1) is 11.4 Å². The van der Waals surface area contributed by atoms with Crippen LogP contribution in [0, 0.1) is 5.92 Å². The van der Waals surface area contributed by atoms with Gasteiger partial charge < -0.3 is 37.2 Å². The van der Waals surface area contributed by atoms with Crippen LogP contribution in [0.25, 0.3) is 0 Å². The normalized spacial score (nSPS) is 27.3. The minimum absolute atomic E-state index is 0.0982. The Morgan fingerprint density at radius 1 is 0.823 bits per heavy atom. The number of benzene rings is 2. The molecule has 7 rings (SSSR count). The maximum atomic E-state index is 13.6. The summed E-state index contributed by atoms with van der Waals surface area (Å²) in [5.74, 6) is 0.550. The van der Waals surface area contributed by atoms with Gasteiger partial charge in [-0.3, -0.25) is 9.79 Å². The average molecular weight is 864 g/mol. The zero-order chi connectivity index (χ0) is 43.6. The lowest BCUT2D eigenvalue weighted by molar-refractivity contribution is -0.122. The third kappa shape index (κ3) is 11.4. The van der Waals surface area contributed by atoms with Gasteiger partial charge in [-0.1, -0.05) is 114 Å². The highest BCUT2D eigenvalue weighted by atomic mass is 35.5. The molecule has 2 aromatic carbocycles. The summed E-state index contributed by atoms with van der Waals surface area (Å²) >= 11 is 7.21. The first-order valence-corrected chi connectivity index (χ1v) is 24.3. The lowest BCUT2D eigenvalue weighted by atomic mass is 9.81. The number of nitrogens with zero attached hydrogens (tertiary/aromatic N) is 2. The van der Waals surface area contributed by atoms with Crippen molar-refractivity contribution in [3.05, 3.63) is 106 Å². The van der Waals surface area contributed by atoms with Gasteiger partial charge in [0.25, 0.3) is 0 Å². The smallest absolute Gasteiger partial charge is 0.220 e. The molecule has 2 bridgehead atoms. The Morgan fingerprint density at radius 3 is 2.34 bits per heavy atom. The predicted octanol–water partition coefficient (Wildman–Crippen LogP) is 8.59. The standard InChI is InChI=1S/C52H75ClN8O/c1-50(2)41-19-9-11-21-43(41)59-46(50)26-24-38-17-15-18-39(49(38)53)25-27-47-51(3,4)42-20-10-12-22-45(42)61(47)33-14-6-8-23-48(62)60-44-35-56-30-32-58-37-52(54)28-13-5-7-16-40(44)34-55-29-31-57-36-52/h9-12,19-22,24-27,40,44,55-58H,5-8,13-18,23,28-37,54H2,1-4H3,(H,60,62)/b26-24+,39-25+,47-27+. The molecule has 0 spiro atoms. The van der Waals surface area contributed by atoms with Crippen molar-refractivity contribution < 1.29 is 4.79 Å². The molecule has 3 unspecified atom stereocenters. The van der Waals surface area contributed by atoms with Crippen LogP contribution in [0.3, 0.4) is 0 Å². The second-order valence-electron chi connectivity index (χ2n) is 19.7. The van der Waals surface area contributed by atoms with Crippen molar-refractivity contribution in [2.24, 2.45) is 16.6 Å². The number of nitrogens with two attached hydrogens (primary N) is 1. The lowest BCUT2D eigenvalue weighted by Gasteiger charge is -2.31. The molecule has 0 saturated carbocycles. The SMILES string of the molecule is CC1(C)C(/C=C/C2=C(Cl)C(=C/C=C3/N(CCCCCC(=O)NC4CNCCNCC5(N)CCCCCC4CNCCNC5)c4ccccc4C3(C)C)/CCC2)=Nc2ccccc21. The van der Waals surface area contributed by atoms with Crippen LogP contribution in [0.2, 0.25) is 0 Å². The highest BCUT2D eigenvalue weighted by Crippen LogP contribution is 2.48. The Balaban J connectivity index is 0.970. The number of allylic oxidation sites excluding steroid dienone is 8. The van der Waals surface area contributed by atoms with Crippen LogP contribution in [0.5, 0.6) is 0 Å². The van der Waals surface area contributed by atoms with Crippen molar-refractivity contribution in [3.63, 3.8) is 0 Å². The Morgan fingerprint density at radius 2 is 1.55 bits per heavy atom. The summed E-state index contributed by atoms with van der Waals surface area (Å²) in [6, 6.07) is 17.4. The van der Waals surface area contributed by atoms with Gasteiger partial charge in [0.2, 0.25) is 5.91 Å². The summed E-state index contributed by atoms with van der Waals surface area (Å²) in [6.45, 7) is 16.9. The van der Waals surface area contributed by atoms with Crippen LogP contribution >= 0.6 is 11.6 Å². The minimum Gasteiger partial charge on any atom is -0.352 e. The number of hydrogen-bond donors (Lipinski definition) is 6. The summed E-state index contributed by atoms with van der Waals surface area (Å²) < 4.78 is 0. The highest BCUT2D eigenvalue weighted by molar-refractivity contribution is 6.32. The van der Waals surface area contributed by atoms with Gasteiger partial charge in [-0.2, -0.15) is 0 Å². The van der Waals surface area contributed by atoms with Gasteiger partial charge in [-0.25, -0.2) is 0 Å². The van der Waals surface area contributed by atoms with E-state index in [9.17, 15) is 4.79 Å². The number of nitrogens with one attached hydrogen (secondary N) is 5. The van der Waals surface area contributed by atoms with E-state index in [1.54, 1.807) is 0 Å². The monoisotopic (exact) mass is 863 g/mol. The van der Waals surface area contributed by atoms with E-state index in [1.807, 2.05) is 0 Å². The number of fused-ring (bicyclic) bond motifs is 8. The van der Waals surface area contributed by atoms with Gasteiger partial charge in [-0.15, -0.1) is 0 Å². The van der Waals surface area contributed by atoms with E-state index < -0.39 is 0 Å². The number of hydrogen-bond acceptors (Lipinski definition) is 8. The third-order valence-corrected chi connectivity index (χ3v) is 14.7. The minimum atomic E-state index is -0.219. The Hall–Kier alpha value is -3.57. The first-order chi connectivity index (χ1) is 30.0. The van der Waals surface area contributed by atoms with Crippen molar-refractivity contribution in [2.45, 2.75) is 127 Å². The molecule has 7 N–H and O–H groups in total. The molecule has 2 fully saturated rings. The zero-order valence-corrected chi connectivity index (χ0v) is 38.9. The number of unbranched alkanes of at least 4 members (excludes halogenated alkanes) is 2. The Bertz CT molecular complexity index is 2010. The summed E-state index contributed by atoms with van der Waals surface area (Å²) in [5, 5.41) is 18.9. The molecule has 0 aromatic heterocycles. The van der Waals surface area contributed by atoms with Crippen LogP contribution in [0.1, 0.15) is 116 Å². The zero-order valence-electron chi connectivity index (χ0n) is 38.2. The number of halogens is 1. The lowest BCUT2D eigenvalue weighted by Crippen LogP contribution is -2.56. The van der Waals surface area contributed by atoms with Gasteiger partial charge in [0.15, 0.2) is 0 Å². The van der Waals surface area contributed by atoms with Gasteiger partial charge in [0, 0.05) is 104 Å². The fourth-order valence-electron chi connectivity index (χ4n) is 10.4. The molecule has 4 heterocycles. The van der Waals surface area contributed by atoms with Gasteiger partial charge >= 0.3 is 0 Å². The van der Waals surface area contributed by atoms with E-state index in [0.29, 0.717) is 12.3 Å². The molecule has 3 atom stereocenters. The van der Waals surface area contributed by atoms with Crippen molar-refractivity contribution in [2.75, 3.05) is 63.8 Å². The van der Waals surface area contributed by atoms with Crippen molar-refractivity contribution >= 4 is 34.6 Å². The molecule has 5 aliphatic rings. The van der Waals surface area contributed by atoms with Crippen molar-refractivity contribution in [3.8, 4) is 0 Å². The van der Waals surface area contributed by atoms with Crippen molar-refractivity contribution in [1.29, 1.82) is 0 Å². The quantitative estimate of drug-likeness (QED) is 0.133. The maximum Gasteiger partial charge on any atom is 0.220 e. The second kappa shape index (κ2) is 21.4. The number of anilines is 1.